The molecule has 3 aliphatic heterocycles. The number of hydrogen-bond donors (Lipinski definition) is 2. The summed E-state index contributed by atoms with van der Waals surface area (Å²) in [6.45, 7) is 5.21. The average molecular weight is 524 g/mol. The van der Waals surface area contributed by atoms with Crippen LogP contribution in [0.5, 0.6) is 17.2 Å². The maximum Gasteiger partial charge on any atom is 0.243 e. The first kappa shape index (κ1) is 25.8. The van der Waals surface area contributed by atoms with E-state index in [4.69, 9.17) is 14.2 Å². The minimum absolute atomic E-state index is 0.104. The lowest BCUT2D eigenvalue weighted by Crippen LogP contribution is -2.60. The van der Waals surface area contributed by atoms with Gasteiger partial charge in [-0.2, -0.15) is 0 Å². The Kier molecular flexibility index (Phi) is 7.94. The molecule has 2 saturated heterocycles. The predicted molar refractivity (Wildman–Crippen MR) is 139 cm³/mol. The fraction of sp³-hybridized carbons (Fsp3) is 0.444. The molecule has 2 N–H and O–H groups in total. The Balaban J connectivity index is 1.11. The third-order valence-corrected chi connectivity index (χ3v) is 7.07. The highest BCUT2D eigenvalue weighted by Gasteiger charge is 2.35. The molecule has 0 spiro atoms. The SMILES string of the molecule is COc1ccc(NC(=O)CC2C(=O)NCCN2C(=O)CN2CCN(Cc3ccc4c(c3)OCO4)CC2)cc1. The van der Waals surface area contributed by atoms with Gasteiger partial charge in [0.05, 0.1) is 20.1 Å². The van der Waals surface area contributed by atoms with Crippen LogP contribution in [0.15, 0.2) is 42.5 Å². The minimum atomic E-state index is -0.832. The van der Waals surface area contributed by atoms with Crippen LogP contribution >= 0.6 is 0 Å². The minimum Gasteiger partial charge on any atom is -0.497 e. The third-order valence-electron chi connectivity index (χ3n) is 7.07. The molecule has 1 atom stereocenters. The number of benzene rings is 2. The summed E-state index contributed by atoms with van der Waals surface area (Å²) in [5.41, 5.74) is 1.76. The van der Waals surface area contributed by atoms with Crippen molar-refractivity contribution in [1.82, 2.24) is 20.0 Å². The van der Waals surface area contributed by atoms with Crippen LogP contribution in [0.25, 0.3) is 0 Å². The molecule has 2 fully saturated rings. The Labute approximate surface area is 221 Å². The summed E-state index contributed by atoms with van der Waals surface area (Å²) in [5, 5.41) is 5.58. The molecule has 3 aliphatic rings. The summed E-state index contributed by atoms with van der Waals surface area (Å²) >= 11 is 0. The monoisotopic (exact) mass is 523 g/mol. The highest BCUT2D eigenvalue weighted by atomic mass is 16.7. The van der Waals surface area contributed by atoms with E-state index in [1.54, 1.807) is 36.3 Å². The van der Waals surface area contributed by atoms with Crippen LogP contribution in [0.2, 0.25) is 0 Å². The maximum atomic E-state index is 13.2. The van der Waals surface area contributed by atoms with Gasteiger partial charge in [-0.25, -0.2) is 0 Å². The van der Waals surface area contributed by atoms with Crippen LogP contribution in [0, 0.1) is 0 Å². The zero-order valence-corrected chi connectivity index (χ0v) is 21.5. The summed E-state index contributed by atoms with van der Waals surface area (Å²) in [6, 6.07) is 12.1. The van der Waals surface area contributed by atoms with E-state index in [0.717, 1.165) is 49.8 Å². The molecule has 2 aromatic rings. The quantitative estimate of drug-likeness (QED) is 0.525. The molecule has 202 valence electrons. The van der Waals surface area contributed by atoms with Gasteiger partial charge >= 0.3 is 0 Å². The first-order valence-corrected chi connectivity index (χ1v) is 12.8. The molecule has 38 heavy (non-hydrogen) atoms. The van der Waals surface area contributed by atoms with Gasteiger partial charge < -0.3 is 29.7 Å². The normalized spacial score (nSPS) is 19.7. The van der Waals surface area contributed by atoms with Crippen molar-refractivity contribution in [2.24, 2.45) is 0 Å². The van der Waals surface area contributed by atoms with Gasteiger partial charge in [0.1, 0.15) is 11.8 Å². The van der Waals surface area contributed by atoms with Crippen LogP contribution in [-0.4, -0.2) is 98.2 Å². The van der Waals surface area contributed by atoms with Gasteiger partial charge in [-0.3, -0.25) is 24.2 Å². The zero-order chi connectivity index (χ0) is 26.5. The molecule has 0 aliphatic carbocycles. The summed E-state index contributed by atoms with van der Waals surface area (Å²) in [7, 11) is 1.57. The van der Waals surface area contributed by atoms with E-state index in [2.05, 4.69) is 26.5 Å². The van der Waals surface area contributed by atoms with Gasteiger partial charge in [0, 0.05) is 51.5 Å². The van der Waals surface area contributed by atoms with E-state index < -0.39 is 6.04 Å². The topological polar surface area (TPSA) is 113 Å². The van der Waals surface area contributed by atoms with Crippen molar-refractivity contribution in [2.45, 2.75) is 19.0 Å². The first-order chi connectivity index (χ1) is 18.5. The Morgan fingerprint density at radius 3 is 2.50 bits per heavy atom. The lowest BCUT2D eigenvalue weighted by Gasteiger charge is -2.38. The van der Waals surface area contributed by atoms with Gasteiger partial charge in [-0.15, -0.1) is 0 Å². The van der Waals surface area contributed by atoms with Crippen molar-refractivity contribution in [3.63, 3.8) is 0 Å². The van der Waals surface area contributed by atoms with Crippen molar-refractivity contribution in [3.05, 3.63) is 48.0 Å². The van der Waals surface area contributed by atoms with E-state index in [-0.39, 0.29) is 37.5 Å². The van der Waals surface area contributed by atoms with Crippen LogP contribution in [0.3, 0.4) is 0 Å². The molecular weight excluding hydrogens is 490 g/mol. The van der Waals surface area contributed by atoms with E-state index in [0.29, 0.717) is 24.5 Å². The molecule has 0 saturated carbocycles. The summed E-state index contributed by atoms with van der Waals surface area (Å²) in [5.74, 6) is 1.48. The number of hydrogen-bond acceptors (Lipinski definition) is 8. The second-order valence-corrected chi connectivity index (χ2v) is 9.61. The number of amides is 3. The Morgan fingerprint density at radius 1 is 1.00 bits per heavy atom. The highest BCUT2D eigenvalue weighted by molar-refractivity contribution is 5.97. The number of fused-ring (bicyclic) bond motifs is 1. The number of nitrogens with one attached hydrogen (secondary N) is 2. The molecule has 2 aromatic carbocycles. The number of anilines is 1. The molecule has 1 unspecified atom stereocenters. The number of carbonyl (C=O) groups excluding carboxylic acids is 3. The van der Waals surface area contributed by atoms with Crippen LogP contribution in [-0.2, 0) is 20.9 Å². The molecule has 0 bridgehead atoms. The Bertz CT molecular complexity index is 1170. The van der Waals surface area contributed by atoms with Gasteiger partial charge in [0.2, 0.25) is 24.5 Å². The van der Waals surface area contributed by atoms with Gasteiger partial charge in [-0.05, 0) is 42.0 Å². The van der Waals surface area contributed by atoms with Crippen molar-refractivity contribution in [3.8, 4) is 17.2 Å². The summed E-state index contributed by atoms with van der Waals surface area (Å²) in [6.07, 6.45) is -0.104. The average Bonchev–Trinajstić information content (AvgIpc) is 3.39. The number of nitrogens with zero attached hydrogens (tertiary/aromatic N) is 3. The number of rotatable bonds is 8. The molecule has 11 heteroatoms. The first-order valence-electron chi connectivity index (χ1n) is 12.8. The molecule has 0 radical (unpaired) electrons. The molecule has 3 heterocycles. The van der Waals surface area contributed by atoms with E-state index >= 15 is 0 Å². The Morgan fingerprint density at radius 2 is 1.74 bits per heavy atom. The van der Waals surface area contributed by atoms with Crippen LogP contribution in [0.1, 0.15) is 12.0 Å². The van der Waals surface area contributed by atoms with E-state index in [1.807, 2.05) is 12.1 Å². The third kappa shape index (κ3) is 6.17. The van der Waals surface area contributed by atoms with Crippen molar-refractivity contribution < 1.29 is 28.6 Å². The maximum absolute atomic E-state index is 13.2. The molecule has 11 nitrogen and oxygen atoms in total. The van der Waals surface area contributed by atoms with E-state index in [1.165, 1.54) is 0 Å². The van der Waals surface area contributed by atoms with Crippen molar-refractivity contribution in [1.29, 1.82) is 0 Å². The molecular formula is C27H33N5O6. The van der Waals surface area contributed by atoms with Crippen LogP contribution < -0.4 is 24.8 Å². The van der Waals surface area contributed by atoms with Gasteiger partial charge in [0.15, 0.2) is 11.5 Å². The lowest BCUT2D eigenvalue weighted by atomic mass is 10.1. The lowest BCUT2D eigenvalue weighted by molar-refractivity contribution is -0.145. The highest BCUT2D eigenvalue weighted by Crippen LogP contribution is 2.32. The van der Waals surface area contributed by atoms with Crippen molar-refractivity contribution >= 4 is 23.4 Å². The predicted octanol–water partition coefficient (Wildman–Crippen LogP) is 0.897. The smallest absolute Gasteiger partial charge is 0.243 e. The van der Waals surface area contributed by atoms with E-state index in [9.17, 15) is 14.4 Å². The summed E-state index contributed by atoms with van der Waals surface area (Å²) < 4.78 is 16.0. The fourth-order valence-corrected chi connectivity index (χ4v) is 4.96. The fourth-order valence-electron chi connectivity index (χ4n) is 4.96. The standard InChI is InChI=1S/C27H33N5O6/c1-36-21-5-3-20(4-6-21)29-25(33)15-22-27(35)28-8-9-32(22)26(34)17-31-12-10-30(11-13-31)16-19-2-7-23-24(14-19)38-18-37-23/h2-7,14,22H,8-13,15-18H2,1H3,(H,28,35)(H,29,33). The van der Waals surface area contributed by atoms with Crippen molar-refractivity contribution in [2.75, 3.05) is 65.0 Å². The number of methoxy groups -OCH3 is 1. The molecule has 3 amide bonds. The molecule has 5 rings (SSSR count). The van der Waals surface area contributed by atoms with Gasteiger partial charge in [-0.1, -0.05) is 6.07 Å². The van der Waals surface area contributed by atoms with Crippen LogP contribution in [0.4, 0.5) is 5.69 Å². The Hall–Kier alpha value is -3.83. The molecule has 0 aromatic heterocycles. The number of piperazine rings is 2. The van der Waals surface area contributed by atoms with Gasteiger partial charge in [0.25, 0.3) is 0 Å². The second-order valence-electron chi connectivity index (χ2n) is 9.61. The zero-order valence-electron chi connectivity index (χ0n) is 21.5. The summed E-state index contributed by atoms with van der Waals surface area (Å²) in [4.78, 5) is 44.6. The number of ether oxygens (including phenoxy) is 3. The largest absolute Gasteiger partial charge is 0.497 e. The number of carbonyl (C=O) groups is 3. The second kappa shape index (κ2) is 11.7.